The van der Waals surface area contributed by atoms with Crippen molar-refractivity contribution in [1.29, 1.82) is 0 Å². The van der Waals surface area contributed by atoms with Crippen molar-refractivity contribution >= 4 is 25.6 Å². The second kappa shape index (κ2) is 11.4. The number of benzene rings is 2. The maximum atomic E-state index is 13.2. The van der Waals surface area contributed by atoms with Crippen molar-refractivity contribution in [3.63, 3.8) is 0 Å². The molecule has 12 nitrogen and oxygen atoms in total. The van der Waals surface area contributed by atoms with Crippen molar-refractivity contribution < 1.29 is 21.6 Å². The third-order valence-electron chi connectivity index (χ3n) is 7.20. The Morgan fingerprint density at radius 2 is 1.76 bits per heavy atom. The van der Waals surface area contributed by atoms with Gasteiger partial charge in [0, 0.05) is 12.5 Å². The lowest BCUT2D eigenvalue weighted by molar-refractivity contribution is 0.341. The minimum Gasteiger partial charge on any atom is -0.493 e. The van der Waals surface area contributed by atoms with Crippen LogP contribution in [0, 0.1) is 6.92 Å². The van der Waals surface area contributed by atoms with Gasteiger partial charge in [-0.2, -0.15) is 0 Å². The minimum absolute atomic E-state index is 0.0187. The Morgan fingerprint density at radius 1 is 1.07 bits per heavy atom. The third-order valence-corrected chi connectivity index (χ3v) is 9.58. The molecule has 1 fully saturated rings. The molecule has 0 unspecified atom stereocenters. The van der Waals surface area contributed by atoms with Crippen LogP contribution >= 0.6 is 0 Å². The zero-order chi connectivity index (χ0) is 29.4. The molecule has 1 aliphatic rings. The average molecular weight is 601 g/mol. The molecular formula is C27H32N6O6S2. The highest BCUT2D eigenvalue weighted by atomic mass is 32.2. The summed E-state index contributed by atoms with van der Waals surface area (Å²) in [4.78, 5) is 20.6. The van der Waals surface area contributed by atoms with Gasteiger partial charge in [-0.1, -0.05) is 25.0 Å². The van der Waals surface area contributed by atoms with Crippen molar-refractivity contribution in [3.8, 4) is 17.1 Å². The van der Waals surface area contributed by atoms with Crippen molar-refractivity contribution in [2.24, 2.45) is 5.14 Å². The number of hydrogen-bond donors (Lipinski definition) is 3. The van der Waals surface area contributed by atoms with Gasteiger partial charge in [-0.15, -0.1) is 5.10 Å². The molecule has 218 valence electrons. The number of sulfonamides is 2. The standard InChI is InChI=1S/C27H32N6O6S2/c1-3-39-23-13-12-21(41(37,38)29-15-14-18-8-10-20(11-9-18)40(28,35)36)16-22(23)25-31-27(34)24-17(2)30-26(33(24)32-25)19-6-4-5-7-19/h8-13,16,19,29H,3-7,14-15H2,1-2H3,(H2,28,35,36)(H,31,32,34). The number of primary sulfonamides is 1. The van der Waals surface area contributed by atoms with E-state index in [0.717, 1.165) is 37.1 Å². The molecule has 0 radical (unpaired) electrons. The van der Waals surface area contributed by atoms with Crippen LogP contribution in [0.5, 0.6) is 5.75 Å². The van der Waals surface area contributed by atoms with Gasteiger partial charge in [0.05, 0.1) is 27.7 Å². The fourth-order valence-electron chi connectivity index (χ4n) is 5.16. The Balaban J connectivity index is 1.45. The summed E-state index contributed by atoms with van der Waals surface area (Å²) in [5.41, 5.74) is 1.66. The first kappa shape index (κ1) is 28.9. The molecule has 0 bridgehead atoms. The fourth-order valence-corrected chi connectivity index (χ4v) is 6.74. The highest BCUT2D eigenvalue weighted by Crippen LogP contribution is 2.35. The van der Waals surface area contributed by atoms with Gasteiger partial charge in [0.2, 0.25) is 20.0 Å². The van der Waals surface area contributed by atoms with E-state index >= 15 is 0 Å². The number of nitrogens with two attached hydrogens (primary N) is 1. The molecule has 41 heavy (non-hydrogen) atoms. The smallest absolute Gasteiger partial charge is 0.277 e. The number of imidazole rings is 1. The number of hydrogen-bond acceptors (Lipinski definition) is 8. The second-order valence-corrected chi connectivity index (χ2v) is 13.4. The summed E-state index contributed by atoms with van der Waals surface area (Å²) in [6, 6.07) is 10.3. The van der Waals surface area contributed by atoms with E-state index in [1.165, 1.54) is 24.3 Å². The Kier molecular flexibility index (Phi) is 8.01. The summed E-state index contributed by atoms with van der Waals surface area (Å²) in [6.45, 7) is 3.98. The molecule has 5 rings (SSSR count). The molecule has 4 aromatic rings. The zero-order valence-corrected chi connectivity index (χ0v) is 24.4. The number of ether oxygens (including phenoxy) is 1. The van der Waals surface area contributed by atoms with E-state index in [9.17, 15) is 21.6 Å². The molecule has 4 N–H and O–H groups in total. The number of nitrogens with one attached hydrogen (secondary N) is 2. The summed E-state index contributed by atoms with van der Waals surface area (Å²) in [5, 5.41) is 9.84. The van der Waals surface area contributed by atoms with Gasteiger partial charge in [-0.05, 0) is 69.0 Å². The highest BCUT2D eigenvalue weighted by molar-refractivity contribution is 7.89. The lowest BCUT2D eigenvalue weighted by atomic mass is 10.1. The van der Waals surface area contributed by atoms with Gasteiger partial charge in [-0.3, -0.25) is 4.79 Å². The monoisotopic (exact) mass is 600 g/mol. The topological polar surface area (TPSA) is 179 Å². The van der Waals surface area contributed by atoms with Crippen LogP contribution in [-0.2, 0) is 26.5 Å². The van der Waals surface area contributed by atoms with Gasteiger partial charge >= 0.3 is 0 Å². The number of fused-ring (bicyclic) bond motifs is 1. The van der Waals surface area contributed by atoms with E-state index in [0.29, 0.717) is 35.6 Å². The molecule has 14 heteroatoms. The largest absolute Gasteiger partial charge is 0.493 e. The predicted molar refractivity (Wildman–Crippen MR) is 153 cm³/mol. The first-order chi connectivity index (χ1) is 19.5. The van der Waals surface area contributed by atoms with Gasteiger partial charge in [0.15, 0.2) is 11.3 Å². The predicted octanol–water partition coefficient (Wildman–Crippen LogP) is 2.62. The van der Waals surface area contributed by atoms with Crippen LogP contribution in [-0.4, -0.2) is 49.6 Å². The first-order valence-electron chi connectivity index (χ1n) is 13.4. The molecule has 1 aliphatic carbocycles. The van der Waals surface area contributed by atoms with Gasteiger partial charge in [0.25, 0.3) is 5.56 Å². The van der Waals surface area contributed by atoms with Gasteiger partial charge < -0.3 is 9.72 Å². The Morgan fingerprint density at radius 3 is 2.41 bits per heavy atom. The van der Waals surface area contributed by atoms with E-state index in [1.54, 1.807) is 29.6 Å². The van der Waals surface area contributed by atoms with E-state index in [-0.39, 0.29) is 33.6 Å². The van der Waals surface area contributed by atoms with Crippen LogP contribution < -0.4 is 20.2 Å². The minimum atomic E-state index is -3.95. The highest BCUT2D eigenvalue weighted by Gasteiger charge is 2.26. The van der Waals surface area contributed by atoms with Crippen molar-refractivity contribution in [2.75, 3.05) is 13.2 Å². The molecule has 0 atom stereocenters. The lowest BCUT2D eigenvalue weighted by Crippen LogP contribution is -2.26. The number of rotatable bonds is 10. The second-order valence-electron chi connectivity index (χ2n) is 10.0. The number of aromatic amines is 1. The number of H-pyrrole nitrogens is 1. The fraction of sp³-hybridized carbons (Fsp3) is 0.370. The molecular weight excluding hydrogens is 568 g/mol. The van der Waals surface area contributed by atoms with Gasteiger partial charge in [0.1, 0.15) is 11.6 Å². The van der Waals surface area contributed by atoms with E-state index < -0.39 is 20.0 Å². The summed E-state index contributed by atoms with van der Waals surface area (Å²) >= 11 is 0. The normalized spacial score (nSPS) is 14.6. The molecule has 0 saturated heterocycles. The Bertz CT molecular complexity index is 1860. The molecule has 2 aromatic heterocycles. The maximum absolute atomic E-state index is 13.2. The van der Waals surface area contributed by atoms with Crippen LogP contribution in [0.4, 0.5) is 0 Å². The van der Waals surface area contributed by atoms with Crippen LogP contribution in [0.25, 0.3) is 16.9 Å². The summed E-state index contributed by atoms with van der Waals surface area (Å²) in [5.74, 6) is 1.50. The van der Waals surface area contributed by atoms with Gasteiger partial charge in [-0.25, -0.2) is 36.2 Å². The van der Waals surface area contributed by atoms with Crippen molar-refractivity contribution in [3.05, 3.63) is 69.9 Å². The van der Waals surface area contributed by atoms with E-state index in [4.69, 9.17) is 15.0 Å². The molecule has 2 heterocycles. The number of nitrogens with zero attached hydrogens (tertiary/aromatic N) is 3. The number of aryl methyl sites for hydroxylation is 1. The van der Waals surface area contributed by atoms with E-state index in [2.05, 4.69) is 14.7 Å². The molecule has 0 aliphatic heterocycles. The molecule has 2 aromatic carbocycles. The van der Waals surface area contributed by atoms with Crippen molar-refractivity contribution in [2.45, 2.75) is 61.7 Å². The van der Waals surface area contributed by atoms with E-state index in [1.807, 2.05) is 6.92 Å². The van der Waals surface area contributed by atoms with Crippen LogP contribution in [0.1, 0.15) is 55.6 Å². The third kappa shape index (κ3) is 6.05. The van der Waals surface area contributed by atoms with Crippen molar-refractivity contribution in [1.82, 2.24) is 24.3 Å². The number of aromatic nitrogens is 4. The molecule has 0 spiro atoms. The summed E-state index contributed by atoms with van der Waals surface area (Å²) in [6.07, 6.45) is 4.46. The maximum Gasteiger partial charge on any atom is 0.277 e. The van der Waals surface area contributed by atoms with Crippen LogP contribution in [0.15, 0.2) is 57.1 Å². The Hall–Kier alpha value is -3.59. The quantitative estimate of drug-likeness (QED) is 0.249. The zero-order valence-electron chi connectivity index (χ0n) is 22.8. The molecule has 1 saturated carbocycles. The SMILES string of the molecule is CCOc1ccc(S(=O)(=O)NCCc2ccc(S(N)(=O)=O)cc2)cc1-c1nn2c(C3CCCC3)nc(C)c2c(=O)[nH]1. The summed E-state index contributed by atoms with van der Waals surface area (Å²) < 4.78 is 59.3. The summed E-state index contributed by atoms with van der Waals surface area (Å²) in [7, 11) is -7.76. The first-order valence-corrected chi connectivity index (χ1v) is 16.4. The lowest BCUT2D eigenvalue weighted by Gasteiger charge is -2.14. The Labute approximate surface area is 238 Å². The van der Waals surface area contributed by atoms with Crippen LogP contribution in [0.2, 0.25) is 0 Å². The average Bonchev–Trinajstić information content (AvgIpc) is 3.57. The van der Waals surface area contributed by atoms with Crippen LogP contribution in [0.3, 0.4) is 0 Å². The molecule has 0 amide bonds.